The standard InChI is InChI=1S/C10H12BrNO/c11-10-6-9(4-5-12-10)13-7-8-2-1-3-8/h4-6,8H,1-3,7H2. The minimum Gasteiger partial charge on any atom is -0.493 e. The van der Waals surface area contributed by atoms with E-state index in [-0.39, 0.29) is 0 Å². The predicted octanol–water partition coefficient (Wildman–Crippen LogP) is 3.02. The molecule has 1 aromatic heterocycles. The number of hydrogen-bond donors (Lipinski definition) is 0. The van der Waals surface area contributed by atoms with Crippen molar-refractivity contribution in [2.24, 2.45) is 5.92 Å². The van der Waals surface area contributed by atoms with Gasteiger partial charge in [0.05, 0.1) is 6.61 Å². The molecule has 0 radical (unpaired) electrons. The summed E-state index contributed by atoms with van der Waals surface area (Å²) in [6, 6.07) is 3.79. The molecule has 0 saturated heterocycles. The largest absolute Gasteiger partial charge is 0.493 e. The molecule has 2 rings (SSSR count). The van der Waals surface area contributed by atoms with E-state index >= 15 is 0 Å². The van der Waals surface area contributed by atoms with Crippen LogP contribution in [0, 0.1) is 5.92 Å². The molecule has 1 aliphatic rings. The van der Waals surface area contributed by atoms with Crippen LogP contribution in [0.2, 0.25) is 0 Å². The monoisotopic (exact) mass is 241 g/mol. The number of rotatable bonds is 3. The molecule has 0 bridgehead atoms. The van der Waals surface area contributed by atoms with Gasteiger partial charge in [-0.3, -0.25) is 0 Å². The summed E-state index contributed by atoms with van der Waals surface area (Å²) in [6.07, 6.45) is 5.77. The second-order valence-electron chi connectivity index (χ2n) is 3.42. The van der Waals surface area contributed by atoms with Crippen molar-refractivity contribution >= 4 is 15.9 Å². The van der Waals surface area contributed by atoms with Crippen molar-refractivity contribution in [3.63, 3.8) is 0 Å². The summed E-state index contributed by atoms with van der Waals surface area (Å²) in [5.41, 5.74) is 0. The lowest BCUT2D eigenvalue weighted by molar-refractivity contribution is 0.180. The highest BCUT2D eigenvalue weighted by molar-refractivity contribution is 9.10. The lowest BCUT2D eigenvalue weighted by Crippen LogP contribution is -2.19. The zero-order chi connectivity index (χ0) is 9.10. The highest BCUT2D eigenvalue weighted by Gasteiger charge is 2.17. The highest BCUT2D eigenvalue weighted by atomic mass is 79.9. The fourth-order valence-electron chi connectivity index (χ4n) is 1.35. The summed E-state index contributed by atoms with van der Waals surface area (Å²) < 4.78 is 6.45. The van der Waals surface area contributed by atoms with E-state index < -0.39 is 0 Å². The number of halogens is 1. The van der Waals surface area contributed by atoms with Crippen LogP contribution in [0.3, 0.4) is 0 Å². The van der Waals surface area contributed by atoms with Gasteiger partial charge in [-0.1, -0.05) is 6.42 Å². The maximum absolute atomic E-state index is 5.62. The summed E-state index contributed by atoms with van der Waals surface area (Å²) in [5, 5.41) is 0. The molecule has 1 fully saturated rings. The molecule has 0 spiro atoms. The van der Waals surface area contributed by atoms with E-state index in [1.807, 2.05) is 12.1 Å². The molecule has 0 aromatic carbocycles. The summed E-state index contributed by atoms with van der Waals surface area (Å²) in [5.74, 6) is 1.70. The van der Waals surface area contributed by atoms with Gasteiger partial charge >= 0.3 is 0 Å². The number of aromatic nitrogens is 1. The fraction of sp³-hybridized carbons (Fsp3) is 0.500. The van der Waals surface area contributed by atoms with Crippen LogP contribution in [0.15, 0.2) is 22.9 Å². The SMILES string of the molecule is Brc1cc(OCC2CCC2)ccn1. The van der Waals surface area contributed by atoms with Crippen LogP contribution in [-0.4, -0.2) is 11.6 Å². The van der Waals surface area contributed by atoms with Gasteiger partial charge in [0.25, 0.3) is 0 Å². The van der Waals surface area contributed by atoms with Crippen molar-refractivity contribution in [1.29, 1.82) is 0 Å². The van der Waals surface area contributed by atoms with Crippen LogP contribution >= 0.6 is 15.9 Å². The van der Waals surface area contributed by atoms with Crippen molar-refractivity contribution in [3.05, 3.63) is 22.9 Å². The lowest BCUT2D eigenvalue weighted by Gasteiger charge is -2.25. The van der Waals surface area contributed by atoms with Gasteiger partial charge in [-0.05, 0) is 40.8 Å². The molecule has 1 aromatic rings. The molecule has 0 amide bonds. The van der Waals surface area contributed by atoms with Crippen LogP contribution in [0.5, 0.6) is 5.75 Å². The van der Waals surface area contributed by atoms with Crippen molar-refractivity contribution < 1.29 is 4.74 Å². The second-order valence-corrected chi connectivity index (χ2v) is 4.23. The predicted molar refractivity (Wildman–Crippen MR) is 54.8 cm³/mol. The van der Waals surface area contributed by atoms with Gasteiger partial charge in [0.1, 0.15) is 10.4 Å². The Hall–Kier alpha value is -0.570. The minimum atomic E-state index is 0.784. The highest BCUT2D eigenvalue weighted by Crippen LogP contribution is 2.27. The first-order valence-electron chi connectivity index (χ1n) is 4.59. The summed E-state index contributed by atoms with van der Waals surface area (Å²) in [4.78, 5) is 4.04. The fourth-order valence-corrected chi connectivity index (χ4v) is 1.69. The van der Waals surface area contributed by atoms with E-state index in [4.69, 9.17) is 4.74 Å². The van der Waals surface area contributed by atoms with Crippen molar-refractivity contribution in [2.75, 3.05) is 6.61 Å². The molecule has 13 heavy (non-hydrogen) atoms. The Morgan fingerprint density at radius 3 is 3.00 bits per heavy atom. The normalized spacial score (nSPS) is 16.7. The Morgan fingerprint density at radius 2 is 2.38 bits per heavy atom. The molecule has 2 nitrogen and oxygen atoms in total. The van der Waals surface area contributed by atoms with Crippen LogP contribution in [0.1, 0.15) is 19.3 Å². The smallest absolute Gasteiger partial charge is 0.123 e. The number of hydrogen-bond acceptors (Lipinski definition) is 2. The number of nitrogens with zero attached hydrogens (tertiary/aromatic N) is 1. The van der Waals surface area contributed by atoms with Crippen LogP contribution in [-0.2, 0) is 0 Å². The molecule has 0 unspecified atom stereocenters. The average Bonchev–Trinajstić information content (AvgIpc) is 2.01. The van der Waals surface area contributed by atoms with Crippen molar-refractivity contribution in [2.45, 2.75) is 19.3 Å². The summed E-state index contributed by atoms with van der Waals surface area (Å²) >= 11 is 3.31. The molecule has 70 valence electrons. The Kier molecular flexibility index (Phi) is 2.83. The van der Waals surface area contributed by atoms with Gasteiger partial charge in [-0.25, -0.2) is 4.98 Å². The van der Waals surface area contributed by atoms with E-state index in [0.29, 0.717) is 0 Å². The Labute approximate surface area is 86.5 Å². The van der Waals surface area contributed by atoms with Gasteiger partial charge in [-0.2, -0.15) is 0 Å². The molecule has 1 aliphatic carbocycles. The van der Waals surface area contributed by atoms with E-state index in [2.05, 4.69) is 20.9 Å². The third-order valence-corrected chi connectivity index (χ3v) is 2.84. The molecular weight excluding hydrogens is 230 g/mol. The topological polar surface area (TPSA) is 22.1 Å². The number of pyridine rings is 1. The number of ether oxygens (including phenoxy) is 1. The maximum atomic E-state index is 5.62. The zero-order valence-electron chi connectivity index (χ0n) is 7.37. The van der Waals surface area contributed by atoms with E-state index in [0.717, 1.165) is 22.9 Å². The van der Waals surface area contributed by atoms with Crippen molar-refractivity contribution in [3.8, 4) is 5.75 Å². The molecule has 1 saturated carbocycles. The quantitative estimate of drug-likeness (QED) is 0.760. The van der Waals surface area contributed by atoms with E-state index in [1.54, 1.807) is 6.20 Å². The summed E-state index contributed by atoms with van der Waals surface area (Å²) in [7, 11) is 0. The molecule has 0 aliphatic heterocycles. The Morgan fingerprint density at radius 1 is 1.54 bits per heavy atom. The van der Waals surface area contributed by atoms with Gasteiger partial charge in [0, 0.05) is 12.3 Å². The van der Waals surface area contributed by atoms with Gasteiger partial charge in [-0.15, -0.1) is 0 Å². The summed E-state index contributed by atoms with van der Waals surface area (Å²) in [6.45, 7) is 0.858. The zero-order valence-corrected chi connectivity index (χ0v) is 8.96. The first kappa shape index (κ1) is 9.00. The lowest BCUT2D eigenvalue weighted by atomic mass is 9.86. The third kappa shape index (κ3) is 2.44. The molecule has 3 heteroatoms. The Bertz CT molecular complexity index is 286. The van der Waals surface area contributed by atoms with Crippen LogP contribution in [0.4, 0.5) is 0 Å². The third-order valence-electron chi connectivity index (χ3n) is 2.41. The average molecular weight is 242 g/mol. The van der Waals surface area contributed by atoms with Crippen LogP contribution < -0.4 is 4.74 Å². The van der Waals surface area contributed by atoms with Crippen LogP contribution in [0.25, 0.3) is 0 Å². The van der Waals surface area contributed by atoms with E-state index in [9.17, 15) is 0 Å². The second kappa shape index (κ2) is 4.09. The van der Waals surface area contributed by atoms with Gasteiger partial charge in [0.2, 0.25) is 0 Å². The first-order chi connectivity index (χ1) is 6.34. The van der Waals surface area contributed by atoms with Crippen molar-refractivity contribution in [1.82, 2.24) is 4.98 Å². The Balaban J connectivity index is 1.86. The minimum absolute atomic E-state index is 0.784. The van der Waals surface area contributed by atoms with Gasteiger partial charge in [0.15, 0.2) is 0 Å². The molecule has 0 N–H and O–H groups in total. The first-order valence-corrected chi connectivity index (χ1v) is 5.38. The van der Waals surface area contributed by atoms with E-state index in [1.165, 1.54) is 19.3 Å². The molecule has 1 heterocycles. The van der Waals surface area contributed by atoms with Gasteiger partial charge < -0.3 is 4.74 Å². The maximum Gasteiger partial charge on any atom is 0.123 e. The molecule has 0 atom stereocenters. The molecular formula is C10H12BrNO.